The van der Waals surface area contributed by atoms with Crippen LogP contribution >= 0.6 is 23.2 Å². The van der Waals surface area contributed by atoms with Crippen LogP contribution in [0, 0.1) is 35.9 Å². The number of ether oxygens (including phenoxy) is 1. The lowest BCUT2D eigenvalue weighted by Gasteiger charge is -2.40. The molecular formula is C43H43Cl2F3N8O2. The van der Waals surface area contributed by atoms with Crippen molar-refractivity contribution in [2.75, 3.05) is 24.5 Å². The maximum atomic E-state index is 17.4. The zero-order valence-electron chi connectivity index (χ0n) is 32.8. The fraction of sp³-hybridized carbons (Fsp3) is 0.465. The third kappa shape index (κ3) is 6.43. The van der Waals surface area contributed by atoms with Gasteiger partial charge in [0.05, 0.1) is 39.8 Å². The lowest BCUT2D eigenvalue weighted by atomic mass is 9.79. The first-order valence-electron chi connectivity index (χ1n) is 19.7. The largest absolute Gasteiger partial charge is 0.444 e. The number of halogens is 5. The molecule has 6 atom stereocenters. The van der Waals surface area contributed by atoms with Crippen molar-refractivity contribution in [1.82, 2.24) is 29.7 Å². The van der Waals surface area contributed by atoms with Gasteiger partial charge in [0, 0.05) is 84.3 Å². The van der Waals surface area contributed by atoms with Crippen molar-refractivity contribution in [3.63, 3.8) is 0 Å². The van der Waals surface area contributed by atoms with Gasteiger partial charge in [0.25, 0.3) is 5.92 Å². The zero-order valence-corrected chi connectivity index (χ0v) is 34.3. The van der Waals surface area contributed by atoms with Gasteiger partial charge in [-0.3, -0.25) is 0 Å². The SMILES string of the molecule is Cc1nc2c(F)c(-c3cccc(Cl)c3Cl)c(CCC#N)cc2c2c1cc([C@@H]1N[C@@H]3C[C@H]1CN(c1cc(C(C)(F)F)ncn1)C3)n2[C@H]1[C@@H]2C[C@H]1N(C(=O)OC(C)(C)C)C2. The van der Waals surface area contributed by atoms with Crippen molar-refractivity contribution < 1.29 is 22.7 Å². The Morgan fingerprint density at radius 3 is 2.59 bits per heavy atom. The molecule has 3 aromatic heterocycles. The van der Waals surface area contributed by atoms with Crippen LogP contribution in [0.25, 0.3) is 32.9 Å². The Morgan fingerprint density at radius 2 is 1.84 bits per heavy atom. The van der Waals surface area contributed by atoms with Crippen molar-refractivity contribution in [2.24, 2.45) is 11.8 Å². The van der Waals surface area contributed by atoms with E-state index in [1.807, 2.05) is 38.7 Å². The summed E-state index contributed by atoms with van der Waals surface area (Å²) in [6.45, 7) is 9.95. The van der Waals surface area contributed by atoms with E-state index in [-0.39, 0.29) is 81.8 Å². The summed E-state index contributed by atoms with van der Waals surface area (Å²) < 4.78 is 54.2. The number of anilines is 1. The molecule has 10 nitrogen and oxygen atoms in total. The zero-order chi connectivity index (χ0) is 41.0. The fourth-order valence-electron chi connectivity index (χ4n) is 9.91. The van der Waals surface area contributed by atoms with Crippen molar-refractivity contribution in [1.29, 1.82) is 5.26 Å². The first-order valence-corrected chi connectivity index (χ1v) is 20.5. The molecule has 1 amide bonds. The molecule has 10 rings (SSSR count). The molecule has 302 valence electrons. The van der Waals surface area contributed by atoms with Crippen molar-refractivity contribution in [3.8, 4) is 17.2 Å². The summed E-state index contributed by atoms with van der Waals surface area (Å²) in [4.78, 5) is 30.6. The summed E-state index contributed by atoms with van der Waals surface area (Å²) in [6.07, 6.45) is 2.92. The number of alkyl halides is 2. The summed E-state index contributed by atoms with van der Waals surface area (Å²) in [5.41, 5.74) is 2.93. The Kier molecular flexibility index (Phi) is 9.37. The third-order valence-corrected chi connectivity index (χ3v) is 13.2. The average Bonchev–Trinajstić information content (AvgIpc) is 3.93. The minimum atomic E-state index is -3.10. The van der Waals surface area contributed by atoms with Crippen molar-refractivity contribution in [3.05, 3.63) is 81.2 Å². The van der Waals surface area contributed by atoms with E-state index in [1.165, 1.54) is 12.4 Å². The minimum absolute atomic E-state index is 0.0446. The molecule has 58 heavy (non-hydrogen) atoms. The Labute approximate surface area is 344 Å². The maximum absolute atomic E-state index is 17.4. The second-order valence-corrected chi connectivity index (χ2v) is 18.1. The van der Waals surface area contributed by atoms with Gasteiger partial charge in [0.2, 0.25) is 0 Å². The van der Waals surface area contributed by atoms with Crippen LogP contribution in [0.15, 0.2) is 42.7 Å². The fourth-order valence-corrected chi connectivity index (χ4v) is 10.3. The third-order valence-electron chi connectivity index (χ3n) is 12.3. The van der Waals surface area contributed by atoms with E-state index in [1.54, 1.807) is 18.2 Å². The predicted octanol–water partition coefficient (Wildman–Crippen LogP) is 9.69. The highest BCUT2D eigenvalue weighted by molar-refractivity contribution is 6.43. The molecular weight excluding hydrogens is 788 g/mol. The molecule has 15 heteroatoms. The molecule has 1 N–H and O–H groups in total. The van der Waals surface area contributed by atoms with Gasteiger partial charge in [0.15, 0.2) is 5.82 Å². The molecule has 4 bridgehead atoms. The number of aromatic nitrogens is 4. The Hall–Kier alpha value is -4.64. The van der Waals surface area contributed by atoms with Gasteiger partial charge in [-0.05, 0) is 76.6 Å². The van der Waals surface area contributed by atoms with Crippen LogP contribution in [-0.2, 0) is 17.1 Å². The molecule has 5 aromatic rings. The molecule has 7 heterocycles. The number of carbonyl (C=O) groups excluding carboxylic acids is 1. The molecule has 0 unspecified atom stereocenters. The lowest BCUT2D eigenvalue weighted by molar-refractivity contribution is 0.0125. The van der Waals surface area contributed by atoms with Gasteiger partial charge in [0.1, 0.15) is 29.0 Å². The van der Waals surface area contributed by atoms with Gasteiger partial charge in [-0.25, -0.2) is 24.1 Å². The standard InChI is InChI=1S/C43H43Cl2F3N8O2/c1-21-27-15-30(37-23-12-25(53-37)19-54(17-23)33-16-32(43(5,47)48)50-20-51-33)56(39-24-14-31(39)55(18-24)41(57)58-42(2,3)4)40(27)28-13-22(8-7-11-49)34(36(46)38(28)52-21)26-9-6-10-29(44)35(26)45/h6,9-10,13,15-16,20,23-25,31,37,39,53H,7-8,12,14,17-19H2,1-5H3/t23-,24+,25+,31+,37+,39-/m0/s1. The van der Waals surface area contributed by atoms with E-state index >= 15 is 4.39 Å². The molecule has 0 spiro atoms. The summed E-state index contributed by atoms with van der Waals surface area (Å²) >= 11 is 13.1. The van der Waals surface area contributed by atoms with Crippen molar-refractivity contribution in [2.45, 2.75) is 96.0 Å². The normalized spacial score (nSPS) is 24.1. The number of rotatable bonds is 7. The van der Waals surface area contributed by atoms with Crippen LogP contribution < -0.4 is 10.2 Å². The number of piperidine rings is 1. The first-order chi connectivity index (χ1) is 27.5. The molecule has 4 aliphatic heterocycles. The first kappa shape index (κ1) is 38.9. The number of hydrogen-bond donors (Lipinski definition) is 1. The lowest BCUT2D eigenvalue weighted by Crippen LogP contribution is -2.45. The number of amides is 1. The highest BCUT2D eigenvalue weighted by atomic mass is 35.5. The highest BCUT2D eigenvalue weighted by Gasteiger charge is 2.57. The minimum Gasteiger partial charge on any atom is -0.444 e. The predicted molar refractivity (Wildman–Crippen MR) is 217 cm³/mol. The van der Waals surface area contributed by atoms with Gasteiger partial charge >= 0.3 is 6.09 Å². The summed E-state index contributed by atoms with van der Waals surface area (Å²) in [5.74, 6) is -3.01. The number of nitrogens with one attached hydrogen (secondary N) is 1. The molecule has 0 radical (unpaired) electrons. The van der Waals surface area contributed by atoms with Crippen LogP contribution in [0.3, 0.4) is 0 Å². The molecule has 2 aromatic carbocycles. The van der Waals surface area contributed by atoms with E-state index in [0.29, 0.717) is 47.7 Å². The van der Waals surface area contributed by atoms with Crippen LogP contribution in [-0.4, -0.2) is 67.8 Å². The Balaban J connectivity index is 1.22. The molecule has 5 fully saturated rings. The second-order valence-electron chi connectivity index (χ2n) is 17.4. The topological polar surface area (TPSA) is 112 Å². The van der Waals surface area contributed by atoms with E-state index in [2.05, 4.69) is 36.9 Å². The number of hydrogen-bond acceptors (Lipinski definition) is 8. The smallest absolute Gasteiger partial charge is 0.410 e. The summed E-state index contributed by atoms with van der Waals surface area (Å²) in [5, 5.41) is 15.5. The van der Waals surface area contributed by atoms with Crippen LogP contribution in [0.2, 0.25) is 10.0 Å². The van der Waals surface area contributed by atoms with E-state index in [9.17, 15) is 18.8 Å². The number of pyridine rings is 1. The van der Waals surface area contributed by atoms with Crippen LogP contribution in [0.4, 0.5) is 23.8 Å². The number of benzene rings is 2. The van der Waals surface area contributed by atoms with Crippen LogP contribution in [0.5, 0.6) is 0 Å². The molecule has 5 aliphatic rings. The van der Waals surface area contributed by atoms with Crippen molar-refractivity contribution >= 4 is 56.9 Å². The number of carbonyl (C=O) groups is 1. The maximum Gasteiger partial charge on any atom is 0.410 e. The Bertz CT molecular complexity index is 2550. The second kappa shape index (κ2) is 14.0. The number of nitrogens with zero attached hydrogens (tertiary/aromatic N) is 7. The van der Waals surface area contributed by atoms with Gasteiger partial charge in [-0.2, -0.15) is 14.0 Å². The quantitative estimate of drug-likeness (QED) is 0.173. The van der Waals surface area contributed by atoms with E-state index in [0.717, 1.165) is 36.4 Å². The van der Waals surface area contributed by atoms with Gasteiger partial charge < -0.3 is 24.4 Å². The van der Waals surface area contributed by atoms with E-state index < -0.39 is 17.3 Å². The highest BCUT2D eigenvalue weighted by Crippen LogP contribution is 2.54. The van der Waals surface area contributed by atoms with E-state index in [4.69, 9.17) is 32.9 Å². The van der Waals surface area contributed by atoms with Gasteiger partial charge in [-0.1, -0.05) is 35.3 Å². The number of nitriles is 1. The number of aryl methyl sites for hydroxylation is 2. The average molecular weight is 832 g/mol. The summed E-state index contributed by atoms with van der Waals surface area (Å²) in [6, 6.07) is 12.4. The Morgan fingerprint density at radius 1 is 1.05 bits per heavy atom. The molecule has 1 aliphatic carbocycles. The molecule has 1 saturated carbocycles. The number of fused-ring (bicyclic) bond motifs is 6. The monoisotopic (exact) mass is 830 g/mol. The summed E-state index contributed by atoms with van der Waals surface area (Å²) in [7, 11) is 0. The molecule has 4 saturated heterocycles. The van der Waals surface area contributed by atoms with Gasteiger partial charge in [-0.15, -0.1) is 0 Å². The van der Waals surface area contributed by atoms with Crippen LogP contribution in [0.1, 0.15) is 81.7 Å².